The SMILES string of the molecule is CCCCCNC(=O)C1CCN(C(=O)Cc2ccccc2C(=O)O)CC1. The summed E-state index contributed by atoms with van der Waals surface area (Å²) in [4.78, 5) is 37.7. The van der Waals surface area contributed by atoms with Crippen LogP contribution in [0.3, 0.4) is 0 Å². The lowest BCUT2D eigenvalue weighted by molar-refractivity contribution is -0.135. The van der Waals surface area contributed by atoms with Gasteiger partial charge in [-0.05, 0) is 30.9 Å². The van der Waals surface area contributed by atoms with Gasteiger partial charge in [0.25, 0.3) is 0 Å². The molecule has 2 amide bonds. The summed E-state index contributed by atoms with van der Waals surface area (Å²) < 4.78 is 0. The number of hydrogen-bond acceptors (Lipinski definition) is 3. The van der Waals surface area contributed by atoms with Crippen LogP contribution >= 0.6 is 0 Å². The number of carbonyl (C=O) groups excluding carboxylic acids is 2. The first kappa shape index (κ1) is 19.9. The van der Waals surface area contributed by atoms with Crippen LogP contribution in [0.1, 0.15) is 54.9 Å². The van der Waals surface area contributed by atoms with Crippen LogP contribution in [0.4, 0.5) is 0 Å². The van der Waals surface area contributed by atoms with Crippen LogP contribution < -0.4 is 5.32 Å². The number of amides is 2. The summed E-state index contributed by atoms with van der Waals surface area (Å²) in [6.45, 7) is 3.93. The summed E-state index contributed by atoms with van der Waals surface area (Å²) in [6, 6.07) is 6.59. The Labute approximate surface area is 154 Å². The molecule has 1 fully saturated rings. The van der Waals surface area contributed by atoms with Gasteiger partial charge in [0.1, 0.15) is 0 Å². The van der Waals surface area contributed by atoms with Gasteiger partial charge in [0.15, 0.2) is 0 Å². The molecule has 0 spiro atoms. The van der Waals surface area contributed by atoms with Gasteiger partial charge in [-0.25, -0.2) is 4.79 Å². The molecule has 1 aromatic carbocycles. The highest BCUT2D eigenvalue weighted by Gasteiger charge is 2.27. The number of hydrogen-bond donors (Lipinski definition) is 2. The maximum absolute atomic E-state index is 12.5. The Morgan fingerprint density at radius 3 is 2.50 bits per heavy atom. The highest BCUT2D eigenvalue weighted by Crippen LogP contribution is 2.19. The van der Waals surface area contributed by atoms with Crippen LogP contribution in [0, 0.1) is 5.92 Å². The zero-order valence-electron chi connectivity index (χ0n) is 15.4. The predicted octanol–water partition coefficient (Wildman–Crippen LogP) is 2.47. The molecular weight excluding hydrogens is 332 g/mol. The molecule has 0 atom stereocenters. The van der Waals surface area contributed by atoms with E-state index < -0.39 is 5.97 Å². The van der Waals surface area contributed by atoms with E-state index in [1.807, 2.05) is 0 Å². The Hall–Kier alpha value is -2.37. The fourth-order valence-corrected chi connectivity index (χ4v) is 3.28. The van der Waals surface area contributed by atoms with Crippen molar-refractivity contribution in [2.45, 2.75) is 45.4 Å². The molecule has 1 saturated heterocycles. The van der Waals surface area contributed by atoms with E-state index in [1.54, 1.807) is 23.1 Å². The van der Waals surface area contributed by atoms with Crippen molar-refractivity contribution in [1.82, 2.24) is 10.2 Å². The summed E-state index contributed by atoms with van der Waals surface area (Å²) in [5, 5.41) is 12.2. The van der Waals surface area contributed by atoms with Crippen molar-refractivity contribution in [3.05, 3.63) is 35.4 Å². The van der Waals surface area contributed by atoms with E-state index in [0.717, 1.165) is 25.8 Å². The number of nitrogens with one attached hydrogen (secondary N) is 1. The van der Waals surface area contributed by atoms with Crippen molar-refractivity contribution in [2.24, 2.45) is 5.92 Å². The smallest absolute Gasteiger partial charge is 0.335 e. The first-order valence-electron chi connectivity index (χ1n) is 9.39. The molecular formula is C20H28N2O4. The van der Waals surface area contributed by atoms with Gasteiger partial charge in [-0.2, -0.15) is 0 Å². The summed E-state index contributed by atoms with van der Waals surface area (Å²) in [7, 11) is 0. The van der Waals surface area contributed by atoms with Crippen LogP contribution in [0.2, 0.25) is 0 Å². The van der Waals surface area contributed by atoms with E-state index in [1.165, 1.54) is 6.07 Å². The van der Waals surface area contributed by atoms with Crippen LogP contribution in [-0.4, -0.2) is 47.4 Å². The van der Waals surface area contributed by atoms with Gasteiger partial charge >= 0.3 is 5.97 Å². The van der Waals surface area contributed by atoms with Crippen LogP contribution in [0.25, 0.3) is 0 Å². The highest BCUT2D eigenvalue weighted by molar-refractivity contribution is 5.91. The minimum absolute atomic E-state index is 0.0352. The van der Waals surface area contributed by atoms with Crippen molar-refractivity contribution < 1.29 is 19.5 Å². The van der Waals surface area contributed by atoms with E-state index in [-0.39, 0.29) is 29.7 Å². The molecule has 6 nitrogen and oxygen atoms in total. The Kier molecular flexibility index (Phi) is 7.63. The van der Waals surface area contributed by atoms with Crippen molar-refractivity contribution in [3.8, 4) is 0 Å². The third kappa shape index (κ3) is 5.58. The van der Waals surface area contributed by atoms with Crippen LogP contribution in [-0.2, 0) is 16.0 Å². The van der Waals surface area contributed by atoms with Crippen LogP contribution in [0.15, 0.2) is 24.3 Å². The van der Waals surface area contributed by atoms with Gasteiger partial charge in [0.2, 0.25) is 11.8 Å². The fourth-order valence-electron chi connectivity index (χ4n) is 3.28. The molecule has 1 aliphatic rings. The van der Waals surface area contributed by atoms with E-state index in [2.05, 4.69) is 12.2 Å². The second-order valence-corrected chi connectivity index (χ2v) is 6.79. The quantitative estimate of drug-likeness (QED) is 0.697. The van der Waals surface area contributed by atoms with Crippen LogP contribution in [0.5, 0.6) is 0 Å². The number of likely N-dealkylation sites (tertiary alicyclic amines) is 1. The number of aromatic carboxylic acids is 1. The Morgan fingerprint density at radius 2 is 1.85 bits per heavy atom. The average Bonchev–Trinajstić information content (AvgIpc) is 2.65. The van der Waals surface area contributed by atoms with Gasteiger partial charge in [-0.3, -0.25) is 9.59 Å². The zero-order valence-corrected chi connectivity index (χ0v) is 15.4. The fraction of sp³-hybridized carbons (Fsp3) is 0.550. The maximum atomic E-state index is 12.5. The second-order valence-electron chi connectivity index (χ2n) is 6.79. The van der Waals surface area contributed by atoms with Gasteiger partial charge in [-0.1, -0.05) is 38.0 Å². The molecule has 0 aliphatic carbocycles. The average molecular weight is 360 g/mol. The molecule has 1 aromatic rings. The third-order valence-electron chi connectivity index (χ3n) is 4.89. The lowest BCUT2D eigenvalue weighted by Gasteiger charge is -2.31. The number of benzene rings is 1. The molecule has 1 aliphatic heterocycles. The monoisotopic (exact) mass is 360 g/mol. The third-order valence-corrected chi connectivity index (χ3v) is 4.89. The second kappa shape index (κ2) is 9.94. The molecule has 0 bridgehead atoms. The highest BCUT2D eigenvalue weighted by atomic mass is 16.4. The number of carboxylic acids is 1. The molecule has 0 unspecified atom stereocenters. The Bertz CT molecular complexity index is 636. The topological polar surface area (TPSA) is 86.7 Å². The van der Waals surface area contributed by atoms with Crippen molar-refractivity contribution in [3.63, 3.8) is 0 Å². The molecule has 26 heavy (non-hydrogen) atoms. The number of unbranched alkanes of at least 4 members (excludes halogenated alkanes) is 2. The van der Waals surface area contributed by atoms with E-state index in [0.29, 0.717) is 31.5 Å². The molecule has 0 saturated carbocycles. The summed E-state index contributed by atoms with van der Waals surface area (Å²) in [6.07, 6.45) is 4.64. The van der Waals surface area contributed by atoms with Crippen molar-refractivity contribution in [1.29, 1.82) is 0 Å². The molecule has 2 N–H and O–H groups in total. The predicted molar refractivity (Wildman–Crippen MR) is 98.9 cm³/mol. The van der Waals surface area contributed by atoms with E-state index in [9.17, 15) is 19.5 Å². The van der Waals surface area contributed by atoms with E-state index >= 15 is 0 Å². The van der Waals surface area contributed by atoms with Gasteiger partial charge in [0, 0.05) is 25.6 Å². The number of piperidine rings is 1. The summed E-state index contributed by atoms with van der Waals surface area (Å²) >= 11 is 0. The number of rotatable bonds is 8. The Morgan fingerprint density at radius 1 is 1.15 bits per heavy atom. The number of carbonyl (C=O) groups is 3. The van der Waals surface area contributed by atoms with Crippen molar-refractivity contribution in [2.75, 3.05) is 19.6 Å². The van der Waals surface area contributed by atoms with Gasteiger partial charge < -0.3 is 15.3 Å². The lowest BCUT2D eigenvalue weighted by atomic mass is 9.95. The minimum atomic E-state index is -1.02. The Balaban J connectivity index is 1.81. The molecule has 0 aromatic heterocycles. The summed E-state index contributed by atoms with van der Waals surface area (Å²) in [5.41, 5.74) is 0.697. The molecule has 2 rings (SSSR count). The van der Waals surface area contributed by atoms with Gasteiger partial charge in [-0.15, -0.1) is 0 Å². The largest absolute Gasteiger partial charge is 0.478 e. The first-order valence-corrected chi connectivity index (χ1v) is 9.39. The minimum Gasteiger partial charge on any atom is -0.478 e. The maximum Gasteiger partial charge on any atom is 0.335 e. The zero-order chi connectivity index (χ0) is 18.9. The first-order chi connectivity index (χ1) is 12.5. The lowest BCUT2D eigenvalue weighted by Crippen LogP contribution is -2.43. The standard InChI is InChI=1S/C20H28N2O4/c1-2-3-6-11-21-19(24)15-9-12-22(13-10-15)18(23)14-16-7-4-5-8-17(16)20(25)26/h4-5,7-8,15H,2-3,6,9-14H2,1H3,(H,21,24)(H,25,26). The normalized spacial score (nSPS) is 14.9. The summed E-state index contributed by atoms with van der Waals surface area (Å²) in [5.74, 6) is -1.05. The molecule has 6 heteroatoms. The molecule has 0 radical (unpaired) electrons. The number of nitrogens with zero attached hydrogens (tertiary/aromatic N) is 1. The molecule has 1 heterocycles. The van der Waals surface area contributed by atoms with Gasteiger partial charge in [0.05, 0.1) is 12.0 Å². The number of carboxylic acid groups (broad SMARTS) is 1. The molecule has 142 valence electrons. The van der Waals surface area contributed by atoms with Crippen molar-refractivity contribution >= 4 is 17.8 Å². The van der Waals surface area contributed by atoms with E-state index in [4.69, 9.17) is 0 Å².